The molecule has 1 saturated carbocycles. The van der Waals surface area contributed by atoms with E-state index in [1.54, 1.807) is 0 Å². The molecule has 2 N–H and O–H groups in total. The number of para-hydroxylation sites is 1. The van der Waals surface area contributed by atoms with E-state index in [1.165, 1.54) is 44.1 Å². The van der Waals surface area contributed by atoms with Gasteiger partial charge in [0, 0.05) is 37.6 Å². The van der Waals surface area contributed by atoms with Gasteiger partial charge in [-0.2, -0.15) is 4.98 Å². The number of carbonyl (C=O) groups is 1. The number of hydrogen-bond acceptors (Lipinski definition) is 5. The fraction of sp³-hybridized carbons (Fsp3) is 0.531. The minimum atomic E-state index is 0.0390. The predicted molar refractivity (Wildman–Crippen MR) is 159 cm³/mol. The first-order chi connectivity index (χ1) is 18.5. The molecule has 0 bridgehead atoms. The van der Waals surface area contributed by atoms with Gasteiger partial charge < -0.3 is 15.5 Å². The van der Waals surface area contributed by atoms with Crippen LogP contribution < -0.4 is 15.5 Å². The molecule has 2 aromatic carbocycles. The van der Waals surface area contributed by atoms with E-state index in [9.17, 15) is 4.79 Å². The molecule has 0 atom stereocenters. The number of unbranched alkanes of at least 4 members (excludes halogenated alkanes) is 5. The molecule has 1 fully saturated rings. The van der Waals surface area contributed by atoms with Crippen LogP contribution in [0, 0.1) is 5.92 Å². The predicted octanol–water partition coefficient (Wildman–Crippen LogP) is 7.00. The molecule has 3 aromatic rings. The summed E-state index contributed by atoms with van der Waals surface area (Å²) in [7, 11) is 4.03. The Bertz CT molecular complexity index is 1150. The van der Waals surface area contributed by atoms with Gasteiger partial charge in [0.15, 0.2) is 0 Å². The smallest absolute Gasteiger partial charge is 0.251 e. The van der Waals surface area contributed by atoms with E-state index in [2.05, 4.69) is 35.8 Å². The Kier molecular flexibility index (Phi) is 10.4. The van der Waals surface area contributed by atoms with Crippen molar-refractivity contribution in [1.29, 1.82) is 0 Å². The van der Waals surface area contributed by atoms with Crippen LogP contribution in [0.1, 0.15) is 87.1 Å². The number of nitrogens with zero attached hydrogens (tertiary/aromatic N) is 3. The van der Waals surface area contributed by atoms with Crippen LogP contribution in [0.25, 0.3) is 10.9 Å². The van der Waals surface area contributed by atoms with Crippen molar-refractivity contribution in [2.45, 2.75) is 83.6 Å². The Balaban J connectivity index is 1.19. The first-order valence-corrected chi connectivity index (χ1v) is 14.6. The van der Waals surface area contributed by atoms with Gasteiger partial charge in [0.1, 0.15) is 5.82 Å². The minimum Gasteiger partial charge on any atom is -0.362 e. The zero-order valence-electron chi connectivity index (χ0n) is 23.5. The molecule has 6 nitrogen and oxygen atoms in total. The highest BCUT2D eigenvalue weighted by molar-refractivity contribution is 5.94. The van der Waals surface area contributed by atoms with Crippen molar-refractivity contribution in [3.8, 4) is 0 Å². The largest absolute Gasteiger partial charge is 0.362 e. The Morgan fingerprint density at radius 1 is 0.895 bits per heavy atom. The number of benzene rings is 2. The molecule has 0 radical (unpaired) electrons. The van der Waals surface area contributed by atoms with Gasteiger partial charge in [0.05, 0.1) is 5.52 Å². The molecule has 0 saturated heterocycles. The molecule has 1 heterocycles. The summed E-state index contributed by atoms with van der Waals surface area (Å²) in [5, 5.41) is 7.82. The highest BCUT2D eigenvalue weighted by Crippen LogP contribution is 2.28. The van der Waals surface area contributed by atoms with Gasteiger partial charge in [-0.15, -0.1) is 0 Å². The number of nitrogens with one attached hydrogen (secondary N) is 2. The van der Waals surface area contributed by atoms with Gasteiger partial charge in [0.25, 0.3) is 5.91 Å². The van der Waals surface area contributed by atoms with Crippen molar-refractivity contribution < 1.29 is 4.79 Å². The van der Waals surface area contributed by atoms with Gasteiger partial charge in [0.2, 0.25) is 5.95 Å². The number of fused-ring (bicyclic) bond motifs is 1. The summed E-state index contributed by atoms with van der Waals surface area (Å²) in [6, 6.07) is 16.7. The number of hydrogen-bond donors (Lipinski definition) is 2. The summed E-state index contributed by atoms with van der Waals surface area (Å²) in [5.74, 6) is 2.19. The lowest BCUT2D eigenvalue weighted by Gasteiger charge is -2.29. The SMILES string of the molecule is CCCCCCCCc1ccc(C(=O)NCC2CCC(Nc3nc(N(C)C)c4ccccc4n3)CC2)cc1. The van der Waals surface area contributed by atoms with Crippen LogP contribution in [0.4, 0.5) is 11.8 Å². The van der Waals surface area contributed by atoms with Crippen LogP contribution >= 0.6 is 0 Å². The van der Waals surface area contributed by atoms with Gasteiger partial charge >= 0.3 is 0 Å². The lowest BCUT2D eigenvalue weighted by molar-refractivity contribution is 0.0943. The van der Waals surface area contributed by atoms with Crippen LogP contribution in [-0.2, 0) is 6.42 Å². The molecule has 204 valence electrons. The third-order valence-electron chi connectivity index (χ3n) is 7.77. The first-order valence-electron chi connectivity index (χ1n) is 14.6. The normalized spacial score (nSPS) is 17.3. The number of amides is 1. The molecule has 1 aromatic heterocycles. The topological polar surface area (TPSA) is 70.2 Å². The van der Waals surface area contributed by atoms with Crippen molar-refractivity contribution in [3.05, 3.63) is 59.7 Å². The van der Waals surface area contributed by atoms with E-state index in [1.807, 2.05) is 49.3 Å². The van der Waals surface area contributed by atoms with E-state index in [4.69, 9.17) is 9.97 Å². The number of aryl methyl sites for hydroxylation is 1. The molecule has 0 unspecified atom stereocenters. The maximum absolute atomic E-state index is 12.7. The van der Waals surface area contributed by atoms with E-state index in [0.29, 0.717) is 17.9 Å². The second kappa shape index (κ2) is 14.1. The Morgan fingerprint density at radius 2 is 1.61 bits per heavy atom. The number of anilines is 2. The van der Waals surface area contributed by atoms with Crippen molar-refractivity contribution in [2.24, 2.45) is 5.92 Å². The van der Waals surface area contributed by atoms with Gasteiger partial charge in [-0.25, -0.2) is 4.98 Å². The number of carbonyl (C=O) groups excluding carboxylic acids is 1. The fourth-order valence-electron chi connectivity index (χ4n) is 5.43. The highest BCUT2D eigenvalue weighted by Gasteiger charge is 2.23. The molecule has 6 heteroatoms. The first kappa shape index (κ1) is 27.9. The molecule has 1 aliphatic rings. The van der Waals surface area contributed by atoms with Crippen molar-refractivity contribution in [2.75, 3.05) is 30.9 Å². The average molecular weight is 516 g/mol. The number of rotatable bonds is 13. The van der Waals surface area contributed by atoms with Crippen LogP contribution in [0.5, 0.6) is 0 Å². The fourth-order valence-corrected chi connectivity index (χ4v) is 5.43. The summed E-state index contributed by atoms with van der Waals surface area (Å²) in [6.45, 7) is 2.99. The summed E-state index contributed by atoms with van der Waals surface area (Å²) >= 11 is 0. The zero-order chi connectivity index (χ0) is 26.7. The second-order valence-electron chi connectivity index (χ2n) is 11.1. The maximum Gasteiger partial charge on any atom is 0.251 e. The molecule has 0 aliphatic heterocycles. The third kappa shape index (κ3) is 7.92. The van der Waals surface area contributed by atoms with E-state index in [-0.39, 0.29) is 5.91 Å². The second-order valence-corrected chi connectivity index (χ2v) is 11.1. The summed E-state index contributed by atoms with van der Waals surface area (Å²) in [4.78, 5) is 24.3. The average Bonchev–Trinajstić information content (AvgIpc) is 2.94. The quantitative estimate of drug-likeness (QED) is 0.240. The molecular weight excluding hydrogens is 470 g/mol. The van der Waals surface area contributed by atoms with Crippen molar-refractivity contribution >= 4 is 28.6 Å². The standard InChI is InChI=1S/C32H45N5O/c1-4-5-6-7-8-9-12-24-15-19-26(20-16-24)31(38)33-23-25-17-21-27(22-18-25)34-32-35-29-14-11-10-13-28(29)30(36-32)37(2)3/h10-11,13-16,19-20,25,27H,4-9,12,17-18,21-23H2,1-3H3,(H,33,38)(H,34,35,36). The summed E-state index contributed by atoms with van der Waals surface area (Å²) < 4.78 is 0. The monoisotopic (exact) mass is 515 g/mol. The van der Waals surface area contributed by atoms with Gasteiger partial charge in [-0.05, 0) is 74.3 Å². The lowest BCUT2D eigenvalue weighted by Crippen LogP contribution is -2.34. The zero-order valence-corrected chi connectivity index (χ0v) is 23.5. The maximum atomic E-state index is 12.7. The molecule has 4 rings (SSSR count). The minimum absolute atomic E-state index is 0.0390. The number of aromatic nitrogens is 2. The van der Waals surface area contributed by atoms with Crippen LogP contribution in [-0.4, -0.2) is 42.6 Å². The van der Waals surface area contributed by atoms with E-state index in [0.717, 1.165) is 60.9 Å². The van der Waals surface area contributed by atoms with Gasteiger partial charge in [-0.3, -0.25) is 4.79 Å². The van der Waals surface area contributed by atoms with E-state index >= 15 is 0 Å². The molecular formula is C32H45N5O. The van der Waals surface area contributed by atoms with Crippen LogP contribution in [0.2, 0.25) is 0 Å². The Labute approximate surface area is 228 Å². The van der Waals surface area contributed by atoms with Crippen LogP contribution in [0.15, 0.2) is 48.5 Å². The van der Waals surface area contributed by atoms with E-state index < -0.39 is 0 Å². The molecule has 1 aliphatic carbocycles. The summed E-state index contributed by atoms with van der Waals surface area (Å²) in [6.07, 6.45) is 13.2. The van der Waals surface area contributed by atoms with Gasteiger partial charge in [-0.1, -0.05) is 63.3 Å². The highest BCUT2D eigenvalue weighted by atomic mass is 16.1. The summed E-state index contributed by atoms with van der Waals surface area (Å²) in [5.41, 5.74) is 3.05. The molecule has 1 amide bonds. The van der Waals surface area contributed by atoms with Crippen molar-refractivity contribution in [1.82, 2.24) is 15.3 Å². The Morgan fingerprint density at radius 3 is 2.34 bits per heavy atom. The van der Waals surface area contributed by atoms with Crippen LogP contribution in [0.3, 0.4) is 0 Å². The lowest BCUT2D eigenvalue weighted by atomic mass is 9.86. The third-order valence-corrected chi connectivity index (χ3v) is 7.77. The van der Waals surface area contributed by atoms with Crippen molar-refractivity contribution in [3.63, 3.8) is 0 Å². The molecule has 38 heavy (non-hydrogen) atoms. The molecule has 0 spiro atoms. The Hall–Kier alpha value is -3.15.